The molecule has 0 saturated heterocycles. The fourth-order valence-electron chi connectivity index (χ4n) is 2.65. The zero-order chi connectivity index (χ0) is 22.8. The molecule has 2 aromatic carbocycles. The summed E-state index contributed by atoms with van der Waals surface area (Å²) in [7, 11) is 0. The normalized spacial score (nSPS) is 11.6. The van der Waals surface area contributed by atoms with Gasteiger partial charge in [0.1, 0.15) is 11.3 Å². The monoisotopic (exact) mass is 436 g/mol. The first-order chi connectivity index (χ1) is 14.6. The summed E-state index contributed by atoms with van der Waals surface area (Å²) < 4.78 is 61.9. The third kappa shape index (κ3) is 4.82. The fourth-order valence-corrected chi connectivity index (χ4v) is 2.65. The second-order valence-electron chi connectivity index (χ2n) is 6.80. The van der Waals surface area contributed by atoms with Crippen molar-refractivity contribution in [1.29, 1.82) is 0 Å². The van der Waals surface area contributed by atoms with Crippen molar-refractivity contribution in [3.63, 3.8) is 0 Å². The second-order valence-corrected chi connectivity index (χ2v) is 6.80. The van der Waals surface area contributed by atoms with Gasteiger partial charge in [0.15, 0.2) is 11.5 Å². The molecule has 3 aromatic rings. The highest BCUT2D eigenvalue weighted by Gasteiger charge is 2.40. The zero-order valence-electron chi connectivity index (χ0n) is 16.9. The summed E-state index contributed by atoms with van der Waals surface area (Å²) in [6.45, 7) is 5.16. The molecule has 31 heavy (non-hydrogen) atoms. The number of halogens is 3. The van der Waals surface area contributed by atoms with E-state index in [4.69, 9.17) is 18.6 Å². The van der Waals surface area contributed by atoms with Crippen molar-refractivity contribution in [3.05, 3.63) is 58.4 Å². The van der Waals surface area contributed by atoms with E-state index in [1.54, 1.807) is 26.8 Å². The highest BCUT2D eigenvalue weighted by Crippen LogP contribution is 2.40. The van der Waals surface area contributed by atoms with Gasteiger partial charge in [-0.3, -0.25) is 9.59 Å². The van der Waals surface area contributed by atoms with Crippen LogP contribution >= 0.6 is 0 Å². The molecule has 0 amide bonds. The first-order valence-corrected chi connectivity index (χ1v) is 9.41. The van der Waals surface area contributed by atoms with Gasteiger partial charge in [-0.05, 0) is 31.2 Å². The lowest BCUT2D eigenvalue weighted by molar-refractivity contribution is -0.154. The maximum Gasteiger partial charge on any atom is 0.453 e. The van der Waals surface area contributed by atoms with Gasteiger partial charge in [0.05, 0.1) is 17.9 Å². The van der Waals surface area contributed by atoms with Gasteiger partial charge in [-0.25, -0.2) is 0 Å². The lowest BCUT2D eigenvalue weighted by atomic mass is 10.2. The van der Waals surface area contributed by atoms with Crippen LogP contribution in [-0.4, -0.2) is 12.6 Å². The summed E-state index contributed by atoms with van der Waals surface area (Å²) in [4.78, 5) is 24.6. The topological polar surface area (TPSA) is 75.0 Å². The van der Waals surface area contributed by atoms with Crippen LogP contribution in [0.15, 0.2) is 51.7 Å². The number of alkyl halides is 3. The zero-order valence-corrected chi connectivity index (χ0v) is 16.9. The Balaban J connectivity index is 2.14. The third-order valence-electron chi connectivity index (χ3n) is 4.13. The van der Waals surface area contributed by atoms with Crippen LogP contribution in [0.3, 0.4) is 0 Å². The average Bonchev–Trinajstić information content (AvgIpc) is 2.70. The van der Waals surface area contributed by atoms with Gasteiger partial charge < -0.3 is 18.6 Å². The number of carbonyl (C=O) groups is 1. The van der Waals surface area contributed by atoms with E-state index in [1.165, 1.54) is 30.3 Å². The Labute approximate surface area is 175 Å². The number of fused-ring (bicyclic) bond motifs is 1. The smallest absolute Gasteiger partial charge is 0.453 e. The minimum absolute atomic E-state index is 0.0437. The van der Waals surface area contributed by atoms with Crippen LogP contribution < -0.4 is 19.6 Å². The summed E-state index contributed by atoms with van der Waals surface area (Å²) in [5.74, 6) is -3.59. The van der Waals surface area contributed by atoms with Gasteiger partial charge in [0.2, 0.25) is 11.2 Å². The number of ether oxygens (including phenoxy) is 3. The molecule has 0 unspecified atom stereocenters. The molecular weight excluding hydrogens is 417 g/mol. The van der Waals surface area contributed by atoms with Crippen molar-refractivity contribution in [2.24, 2.45) is 5.92 Å². The number of hydrogen-bond acceptors (Lipinski definition) is 6. The maximum absolute atomic E-state index is 13.7. The number of rotatable bonds is 6. The first kappa shape index (κ1) is 22.2. The molecule has 1 aromatic heterocycles. The quantitative estimate of drug-likeness (QED) is 0.372. The molecule has 0 aliphatic heterocycles. The molecule has 0 spiro atoms. The minimum Gasteiger partial charge on any atom is -0.490 e. The predicted octanol–water partition coefficient (Wildman–Crippen LogP) is 5.56. The highest BCUT2D eigenvalue weighted by molar-refractivity contribution is 5.81. The largest absolute Gasteiger partial charge is 0.490 e. The Morgan fingerprint density at radius 3 is 2.39 bits per heavy atom. The molecule has 164 valence electrons. The fraction of sp³-hybridized carbons (Fsp3) is 0.273. The Hall–Kier alpha value is -3.49. The number of carbonyl (C=O) groups excluding carboxylic acids is 1. The van der Waals surface area contributed by atoms with Crippen LogP contribution in [0.2, 0.25) is 0 Å². The van der Waals surface area contributed by atoms with Crippen LogP contribution in [0.1, 0.15) is 26.5 Å². The summed E-state index contributed by atoms with van der Waals surface area (Å²) in [6, 6.07) is 9.60. The molecule has 0 bridgehead atoms. The van der Waals surface area contributed by atoms with E-state index in [0.29, 0.717) is 0 Å². The van der Waals surface area contributed by atoms with Crippen molar-refractivity contribution < 1.29 is 36.6 Å². The molecule has 0 N–H and O–H groups in total. The SMILES string of the molecule is CCOc1ccccc1Oc1c(C(F)(F)F)oc2cc(OC(=O)C(C)C)ccc2c1=O. The van der Waals surface area contributed by atoms with Crippen LogP contribution in [0.4, 0.5) is 13.2 Å². The Kier molecular flexibility index (Phi) is 6.24. The van der Waals surface area contributed by atoms with E-state index in [9.17, 15) is 22.8 Å². The van der Waals surface area contributed by atoms with Gasteiger partial charge in [-0.15, -0.1) is 0 Å². The molecule has 1 heterocycles. The molecule has 9 heteroatoms. The molecule has 0 saturated carbocycles. The van der Waals surface area contributed by atoms with E-state index in [0.717, 1.165) is 6.07 Å². The lowest BCUT2D eigenvalue weighted by Crippen LogP contribution is -2.16. The number of hydrogen-bond donors (Lipinski definition) is 0. The van der Waals surface area contributed by atoms with Crippen LogP contribution in [0, 0.1) is 5.92 Å². The lowest BCUT2D eigenvalue weighted by Gasteiger charge is -2.15. The molecule has 6 nitrogen and oxygen atoms in total. The van der Waals surface area contributed by atoms with Gasteiger partial charge >= 0.3 is 12.1 Å². The summed E-state index contributed by atoms with van der Waals surface area (Å²) >= 11 is 0. The van der Waals surface area contributed by atoms with Gasteiger partial charge in [0, 0.05) is 6.07 Å². The van der Waals surface area contributed by atoms with Gasteiger partial charge in [-0.1, -0.05) is 26.0 Å². The van der Waals surface area contributed by atoms with E-state index in [-0.39, 0.29) is 29.2 Å². The molecule has 0 fully saturated rings. The minimum atomic E-state index is -5.02. The van der Waals surface area contributed by atoms with E-state index >= 15 is 0 Å². The molecule has 0 radical (unpaired) electrons. The van der Waals surface area contributed by atoms with Crippen molar-refractivity contribution >= 4 is 16.9 Å². The number of para-hydroxylation sites is 2. The van der Waals surface area contributed by atoms with Gasteiger partial charge in [0.25, 0.3) is 5.76 Å². The Morgan fingerprint density at radius 1 is 1.10 bits per heavy atom. The standard InChI is InChI=1S/C22H19F3O6/c1-4-28-15-7-5-6-8-16(15)30-19-18(26)14-10-9-13(29-21(27)12(2)3)11-17(14)31-20(19)22(23,24)25/h5-12H,4H2,1-3H3. The third-order valence-corrected chi connectivity index (χ3v) is 4.13. The second kappa shape index (κ2) is 8.71. The molecule has 0 aliphatic carbocycles. The van der Waals surface area contributed by atoms with Crippen LogP contribution in [0.5, 0.6) is 23.0 Å². The predicted molar refractivity (Wildman–Crippen MR) is 106 cm³/mol. The summed E-state index contributed by atoms with van der Waals surface area (Å²) in [5.41, 5.74) is -1.42. The van der Waals surface area contributed by atoms with E-state index in [2.05, 4.69) is 0 Å². The van der Waals surface area contributed by atoms with E-state index in [1.807, 2.05) is 0 Å². The van der Waals surface area contributed by atoms with Crippen molar-refractivity contribution in [3.8, 4) is 23.0 Å². The molecule has 0 aliphatic rings. The summed E-state index contributed by atoms with van der Waals surface area (Å²) in [6.07, 6.45) is -5.02. The first-order valence-electron chi connectivity index (χ1n) is 9.41. The maximum atomic E-state index is 13.7. The molecule has 3 rings (SSSR count). The summed E-state index contributed by atoms with van der Waals surface area (Å²) in [5, 5.41) is -0.166. The van der Waals surface area contributed by atoms with Crippen molar-refractivity contribution in [1.82, 2.24) is 0 Å². The highest BCUT2D eigenvalue weighted by atomic mass is 19.4. The molecule has 0 atom stereocenters. The van der Waals surface area contributed by atoms with E-state index < -0.39 is 40.6 Å². The Morgan fingerprint density at radius 2 is 1.77 bits per heavy atom. The van der Waals surface area contributed by atoms with Gasteiger partial charge in [-0.2, -0.15) is 13.2 Å². The average molecular weight is 436 g/mol. The number of benzene rings is 2. The molecular formula is C22H19F3O6. The van der Waals surface area contributed by atoms with Crippen molar-refractivity contribution in [2.75, 3.05) is 6.61 Å². The Bertz CT molecular complexity index is 1160. The van der Waals surface area contributed by atoms with Crippen molar-refractivity contribution in [2.45, 2.75) is 26.9 Å². The van der Waals surface area contributed by atoms with Crippen LogP contribution in [-0.2, 0) is 11.0 Å². The number of esters is 1. The van der Waals surface area contributed by atoms with Crippen LogP contribution in [0.25, 0.3) is 11.0 Å².